The highest BCUT2D eigenvalue weighted by atomic mass is 16.7. The first-order chi connectivity index (χ1) is 33.0. The van der Waals surface area contributed by atoms with E-state index >= 15 is 4.79 Å². The predicted molar refractivity (Wildman–Crippen MR) is 262 cm³/mol. The molecule has 6 atom stereocenters. The van der Waals surface area contributed by atoms with E-state index in [4.69, 9.17) is 33.7 Å². The zero-order valence-electron chi connectivity index (χ0n) is 40.1. The number of oxime groups is 1. The zero-order valence-corrected chi connectivity index (χ0v) is 40.1. The summed E-state index contributed by atoms with van der Waals surface area (Å²) in [6, 6.07) is 28.6. The van der Waals surface area contributed by atoms with Crippen LogP contribution in [0.1, 0.15) is 95.2 Å². The van der Waals surface area contributed by atoms with Crippen molar-refractivity contribution in [1.29, 1.82) is 0 Å². The molecule has 364 valence electrons. The molecule has 68 heavy (non-hydrogen) atoms. The number of nitrogens with zero attached hydrogens (tertiary/aromatic N) is 2. The van der Waals surface area contributed by atoms with Gasteiger partial charge >= 0.3 is 12.2 Å². The number of fused-ring (bicyclic) bond motifs is 3. The lowest BCUT2D eigenvalue weighted by Gasteiger charge is -2.60. The molecule has 4 aromatic carbocycles. The fourth-order valence-corrected chi connectivity index (χ4v) is 10.1. The van der Waals surface area contributed by atoms with E-state index in [2.05, 4.69) is 36.2 Å². The van der Waals surface area contributed by atoms with E-state index < -0.39 is 35.5 Å². The van der Waals surface area contributed by atoms with E-state index in [0.29, 0.717) is 43.2 Å². The summed E-state index contributed by atoms with van der Waals surface area (Å²) < 4.78 is 32.6. The van der Waals surface area contributed by atoms with Crippen LogP contribution < -0.4 is 14.8 Å². The molecule has 1 aliphatic heterocycles. The Kier molecular flexibility index (Phi) is 17.3. The molecule has 4 aromatic rings. The van der Waals surface area contributed by atoms with Crippen molar-refractivity contribution < 1.29 is 48.3 Å². The predicted octanol–water partition coefficient (Wildman–Crippen LogP) is 10.2. The molecular formula is C55H69N3O10. The number of carbonyl (C=O) groups is 2. The Bertz CT molecular complexity index is 2380. The lowest BCUT2D eigenvalue weighted by atomic mass is 9.55. The Morgan fingerprint density at radius 3 is 2.44 bits per heavy atom. The first kappa shape index (κ1) is 50.2. The zero-order chi connectivity index (χ0) is 48.1. The molecule has 1 saturated carbocycles. The summed E-state index contributed by atoms with van der Waals surface area (Å²) in [4.78, 5) is 36.1. The molecule has 2 amide bonds. The minimum absolute atomic E-state index is 0.00322. The van der Waals surface area contributed by atoms with Crippen LogP contribution in [0.25, 0.3) is 10.8 Å². The van der Waals surface area contributed by atoms with Gasteiger partial charge in [0.15, 0.2) is 0 Å². The SMILES string of the molecule is C=CCOC12Oc3ccc(OC(=O)NCC)cc3C3C(CCCCO)C(CCCCO)C=C(C(=NOC(C)(C)C)CC1N(Cc1cccc4ccccc14)C(=O)OCCOCc1ccccc1)C32. The van der Waals surface area contributed by atoms with Crippen LogP contribution in [0.2, 0.25) is 0 Å². The second-order valence-electron chi connectivity index (χ2n) is 18.8. The van der Waals surface area contributed by atoms with E-state index in [1.807, 2.05) is 94.4 Å². The van der Waals surface area contributed by atoms with Gasteiger partial charge in [-0.15, -0.1) is 6.58 Å². The summed E-state index contributed by atoms with van der Waals surface area (Å²) in [5.41, 5.74) is 3.64. The molecule has 0 saturated heterocycles. The van der Waals surface area contributed by atoms with E-state index in [1.165, 1.54) is 0 Å². The minimum Gasteiger partial charge on any atom is -0.459 e. The molecule has 1 heterocycles. The Morgan fingerprint density at radius 1 is 0.941 bits per heavy atom. The molecule has 0 spiro atoms. The summed E-state index contributed by atoms with van der Waals surface area (Å²) in [7, 11) is 0. The maximum atomic E-state index is 15.2. The van der Waals surface area contributed by atoms with Crippen LogP contribution in [0, 0.1) is 17.8 Å². The minimum atomic E-state index is -1.54. The van der Waals surface area contributed by atoms with Gasteiger partial charge in [-0.3, -0.25) is 4.90 Å². The van der Waals surface area contributed by atoms with E-state index in [1.54, 1.807) is 17.0 Å². The van der Waals surface area contributed by atoms with Crippen molar-refractivity contribution in [3.8, 4) is 11.5 Å². The van der Waals surface area contributed by atoms with E-state index in [0.717, 1.165) is 58.7 Å². The molecule has 0 aromatic heterocycles. The van der Waals surface area contributed by atoms with Crippen molar-refractivity contribution in [1.82, 2.24) is 10.2 Å². The highest BCUT2D eigenvalue weighted by Gasteiger charge is 2.66. The largest absolute Gasteiger partial charge is 0.459 e. The van der Waals surface area contributed by atoms with Crippen LogP contribution >= 0.6 is 0 Å². The van der Waals surface area contributed by atoms with Gasteiger partial charge in [0.05, 0.1) is 38.0 Å². The first-order valence-corrected chi connectivity index (χ1v) is 24.2. The van der Waals surface area contributed by atoms with Crippen molar-refractivity contribution in [2.75, 3.05) is 39.6 Å². The molecule has 3 N–H and O–H groups in total. The molecule has 0 radical (unpaired) electrons. The third-order valence-corrected chi connectivity index (χ3v) is 13.0. The highest BCUT2D eigenvalue weighted by Crippen LogP contribution is 2.62. The monoisotopic (exact) mass is 931 g/mol. The van der Waals surface area contributed by atoms with Gasteiger partial charge in [-0.2, -0.15) is 0 Å². The molecular weight excluding hydrogens is 863 g/mol. The number of rotatable bonds is 22. The van der Waals surface area contributed by atoms with Gasteiger partial charge < -0.3 is 44.1 Å². The van der Waals surface area contributed by atoms with Crippen LogP contribution in [0.3, 0.4) is 0 Å². The average Bonchev–Trinajstić information content (AvgIpc) is 3.33. The van der Waals surface area contributed by atoms with Gasteiger partial charge in [-0.05, 0) is 111 Å². The first-order valence-electron chi connectivity index (χ1n) is 24.2. The number of unbranched alkanes of at least 4 members (excludes halogenated alkanes) is 2. The quantitative estimate of drug-likeness (QED) is 0.0394. The van der Waals surface area contributed by atoms with Gasteiger partial charge in [-0.25, -0.2) is 9.59 Å². The molecule has 3 aliphatic rings. The maximum Gasteiger partial charge on any atom is 0.412 e. The number of nitrogens with one attached hydrogen (secondary N) is 1. The van der Waals surface area contributed by atoms with E-state index in [9.17, 15) is 15.0 Å². The molecule has 6 unspecified atom stereocenters. The van der Waals surface area contributed by atoms with Crippen LogP contribution in [0.4, 0.5) is 9.59 Å². The molecule has 7 rings (SSSR count). The summed E-state index contributed by atoms with van der Waals surface area (Å²) in [5, 5.41) is 29.7. The third kappa shape index (κ3) is 11.9. The van der Waals surface area contributed by atoms with Gasteiger partial charge in [-0.1, -0.05) is 103 Å². The topological polar surface area (TPSA) is 158 Å². The van der Waals surface area contributed by atoms with Crippen molar-refractivity contribution in [3.63, 3.8) is 0 Å². The Labute approximate surface area is 401 Å². The smallest absolute Gasteiger partial charge is 0.412 e. The lowest BCUT2D eigenvalue weighted by Crippen LogP contribution is -2.70. The number of ether oxygens (including phenoxy) is 5. The Morgan fingerprint density at radius 2 is 1.69 bits per heavy atom. The standard InChI is InChI=1S/C55H69N3O10/c1-6-30-65-55-49(58(36-41-23-17-22-39-20-11-12-24-43(39)41)53(62)64-32-31-63-37-38-18-9-8-10-19-38)35-47(57-68-54(3,4)5)45-33-40(21-13-15-28-59)44(25-14-16-29-60)50(51(45)55)46-34-42(26-27-48(46)67-55)66-52(61)56-7-2/h6,8-12,17-20,22-24,26-27,33-34,40,44,49-51,59-60H,1,7,13-16,21,25,28-32,35-37H2,2-5H3,(H,56,61). The fraction of sp³-hybridized carbons (Fsp3) is 0.473. The van der Waals surface area contributed by atoms with Gasteiger partial charge in [0.25, 0.3) is 0 Å². The van der Waals surface area contributed by atoms with Gasteiger partial charge in [0.1, 0.15) is 29.7 Å². The maximum absolute atomic E-state index is 15.2. The Balaban J connectivity index is 1.42. The number of aliphatic hydroxyl groups excluding tert-OH is 2. The molecule has 13 nitrogen and oxygen atoms in total. The van der Waals surface area contributed by atoms with Crippen LogP contribution in [-0.4, -0.2) is 90.0 Å². The number of allylic oxidation sites excluding steroid dienone is 1. The second-order valence-corrected chi connectivity index (χ2v) is 18.8. The van der Waals surface area contributed by atoms with Crippen molar-refractivity contribution in [2.24, 2.45) is 22.9 Å². The molecule has 1 fully saturated rings. The molecule has 2 aliphatic carbocycles. The number of amides is 2. The van der Waals surface area contributed by atoms with Crippen LogP contribution in [-0.2, 0) is 32.2 Å². The van der Waals surface area contributed by atoms with Crippen molar-refractivity contribution in [3.05, 3.63) is 132 Å². The normalized spacial score (nSPS) is 22.3. The number of hydrogen-bond acceptors (Lipinski definition) is 11. The summed E-state index contributed by atoms with van der Waals surface area (Å²) in [6.45, 7) is 13.0. The Hall–Kier alpha value is -5.73. The lowest BCUT2D eigenvalue weighted by molar-refractivity contribution is -0.256. The van der Waals surface area contributed by atoms with Crippen molar-refractivity contribution >= 4 is 28.7 Å². The summed E-state index contributed by atoms with van der Waals surface area (Å²) in [5.74, 6) is -1.59. The van der Waals surface area contributed by atoms with Crippen molar-refractivity contribution in [2.45, 2.75) is 109 Å². The van der Waals surface area contributed by atoms with Crippen LogP contribution in [0.15, 0.2) is 120 Å². The summed E-state index contributed by atoms with van der Waals surface area (Å²) >= 11 is 0. The van der Waals surface area contributed by atoms with Gasteiger partial charge in [0, 0.05) is 37.7 Å². The number of carbonyl (C=O) groups excluding carboxylic acids is 2. The molecule has 0 bridgehead atoms. The second kappa shape index (κ2) is 23.5. The van der Waals surface area contributed by atoms with Crippen LogP contribution in [0.5, 0.6) is 11.5 Å². The molecule has 13 heteroatoms. The number of hydrogen-bond donors (Lipinski definition) is 3. The van der Waals surface area contributed by atoms with E-state index in [-0.39, 0.29) is 63.8 Å². The average molecular weight is 932 g/mol. The van der Waals surface area contributed by atoms with Gasteiger partial charge in [0.2, 0.25) is 5.79 Å². The number of aliphatic hydroxyl groups is 2. The third-order valence-electron chi connectivity index (χ3n) is 13.0. The fourth-order valence-electron chi connectivity index (χ4n) is 10.1. The highest BCUT2D eigenvalue weighted by molar-refractivity contribution is 6.03. The number of benzene rings is 4. The summed E-state index contributed by atoms with van der Waals surface area (Å²) in [6.07, 6.45) is 7.34.